The van der Waals surface area contributed by atoms with Gasteiger partial charge in [-0.15, -0.1) is 0 Å². The molecule has 2 heteroatoms. The van der Waals surface area contributed by atoms with Crippen molar-refractivity contribution in [3.05, 3.63) is 229 Å². The van der Waals surface area contributed by atoms with E-state index in [1.807, 2.05) is 0 Å². The molecule has 51 heavy (non-hydrogen) atoms. The van der Waals surface area contributed by atoms with E-state index in [-0.39, 0.29) is 0 Å². The first-order valence-corrected chi connectivity index (χ1v) is 17.6. The molecule has 10 rings (SSSR count). The van der Waals surface area contributed by atoms with E-state index < -0.39 is 5.41 Å². The summed E-state index contributed by atoms with van der Waals surface area (Å²) in [6, 6.07) is 75.3. The third kappa shape index (κ3) is 4.43. The van der Waals surface area contributed by atoms with Gasteiger partial charge in [-0.25, -0.2) is 0 Å². The van der Waals surface area contributed by atoms with Gasteiger partial charge in [0, 0.05) is 22.1 Å². The molecule has 1 aromatic heterocycles. The van der Waals surface area contributed by atoms with E-state index in [1.54, 1.807) is 0 Å². The molecule has 0 atom stereocenters. The maximum Gasteiger partial charge on any atom is 0.0742 e. The zero-order valence-electron chi connectivity index (χ0n) is 28.0. The zero-order chi connectivity index (χ0) is 33.8. The minimum absolute atomic E-state index is 0.552. The molecule has 0 spiro atoms. The van der Waals surface area contributed by atoms with Crippen molar-refractivity contribution in [1.29, 1.82) is 0 Å². The highest BCUT2D eigenvalue weighted by Crippen LogP contribution is 2.58. The quantitative estimate of drug-likeness (QED) is 0.180. The Bertz CT molecular complexity index is 2640. The molecule has 0 N–H and O–H groups in total. The lowest BCUT2D eigenvalue weighted by Gasteiger charge is -2.46. The Labute approximate surface area is 298 Å². The molecule has 0 amide bonds. The number of rotatable bonds is 5. The van der Waals surface area contributed by atoms with Crippen LogP contribution in [0.5, 0.6) is 0 Å². The molecule has 0 bridgehead atoms. The number of aromatic nitrogens is 1. The molecule has 0 unspecified atom stereocenters. The minimum Gasteiger partial charge on any atom is -0.310 e. The Hall–Kier alpha value is -6.64. The molecule has 8 aromatic carbocycles. The van der Waals surface area contributed by atoms with Crippen LogP contribution in [0.1, 0.15) is 22.3 Å². The average Bonchev–Trinajstić information content (AvgIpc) is 3.55. The lowest BCUT2D eigenvalue weighted by Crippen LogP contribution is -2.37. The van der Waals surface area contributed by atoms with E-state index in [0.29, 0.717) is 0 Å². The predicted octanol–water partition coefficient (Wildman–Crippen LogP) is 12.6. The zero-order valence-corrected chi connectivity index (χ0v) is 28.0. The average molecular weight is 651 g/mol. The second kappa shape index (κ2) is 11.8. The van der Waals surface area contributed by atoms with Crippen LogP contribution in [0.25, 0.3) is 38.6 Å². The van der Waals surface area contributed by atoms with Gasteiger partial charge in [0.05, 0.1) is 27.8 Å². The Kier molecular flexibility index (Phi) is 6.75. The fourth-order valence-corrected chi connectivity index (χ4v) is 8.50. The molecule has 0 saturated carbocycles. The van der Waals surface area contributed by atoms with Crippen molar-refractivity contribution in [2.75, 3.05) is 4.90 Å². The summed E-state index contributed by atoms with van der Waals surface area (Å²) in [7, 11) is 0. The molecule has 9 aromatic rings. The number of hydrogen-bond donors (Lipinski definition) is 0. The summed E-state index contributed by atoms with van der Waals surface area (Å²) >= 11 is 0. The summed E-state index contributed by atoms with van der Waals surface area (Å²) in [5, 5.41) is 2.50. The Morgan fingerprint density at radius 3 is 1.55 bits per heavy atom. The van der Waals surface area contributed by atoms with Crippen LogP contribution >= 0.6 is 0 Å². The molecule has 240 valence electrons. The molecule has 2 nitrogen and oxygen atoms in total. The first-order valence-electron chi connectivity index (χ1n) is 17.6. The normalized spacial score (nSPS) is 13.2. The topological polar surface area (TPSA) is 8.17 Å². The molecule has 2 heterocycles. The van der Waals surface area contributed by atoms with Crippen LogP contribution in [0.3, 0.4) is 0 Å². The van der Waals surface area contributed by atoms with Crippen LogP contribution in [-0.4, -0.2) is 4.57 Å². The Balaban J connectivity index is 1.27. The second-order valence-electron chi connectivity index (χ2n) is 13.3. The summed E-state index contributed by atoms with van der Waals surface area (Å²) in [4.78, 5) is 2.44. The van der Waals surface area contributed by atoms with Crippen molar-refractivity contribution in [3.8, 4) is 16.8 Å². The molecule has 0 fully saturated rings. The summed E-state index contributed by atoms with van der Waals surface area (Å²) in [5.74, 6) is 0. The Morgan fingerprint density at radius 1 is 0.333 bits per heavy atom. The second-order valence-corrected chi connectivity index (χ2v) is 13.3. The largest absolute Gasteiger partial charge is 0.310 e. The predicted molar refractivity (Wildman–Crippen MR) is 213 cm³/mol. The van der Waals surface area contributed by atoms with E-state index in [1.165, 1.54) is 72.2 Å². The van der Waals surface area contributed by atoms with Crippen molar-refractivity contribution in [2.24, 2.45) is 0 Å². The maximum atomic E-state index is 2.46. The van der Waals surface area contributed by atoms with Gasteiger partial charge in [-0.05, 0) is 94.0 Å². The van der Waals surface area contributed by atoms with Crippen molar-refractivity contribution in [3.63, 3.8) is 0 Å². The third-order valence-corrected chi connectivity index (χ3v) is 10.6. The van der Waals surface area contributed by atoms with Gasteiger partial charge in [-0.2, -0.15) is 0 Å². The van der Waals surface area contributed by atoms with Crippen LogP contribution < -0.4 is 4.90 Å². The number of hydrogen-bond acceptors (Lipinski definition) is 1. The van der Waals surface area contributed by atoms with Crippen LogP contribution in [0.2, 0.25) is 0 Å². The molecule has 0 saturated heterocycles. The van der Waals surface area contributed by atoms with E-state index in [9.17, 15) is 0 Å². The van der Waals surface area contributed by atoms with Gasteiger partial charge in [0.2, 0.25) is 0 Å². The van der Waals surface area contributed by atoms with Gasteiger partial charge in [-0.3, -0.25) is 0 Å². The smallest absolute Gasteiger partial charge is 0.0742 e. The van der Waals surface area contributed by atoms with Crippen molar-refractivity contribution < 1.29 is 0 Å². The van der Waals surface area contributed by atoms with Gasteiger partial charge in [0.25, 0.3) is 0 Å². The SMILES string of the molecule is c1ccc(N2c3ccccc3C(c3ccccc3)(c3ccccc3)c3cc(-c4ccc5c(c4)c4ccccc4n5-c4ccccc4)ccc32)cc1. The molecule has 1 aliphatic rings. The maximum absolute atomic E-state index is 2.46. The van der Waals surface area contributed by atoms with Crippen molar-refractivity contribution in [2.45, 2.75) is 5.41 Å². The van der Waals surface area contributed by atoms with Crippen LogP contribution in [0, 0.1) is 0 Å². The summed E-state index contributed by atoms with van der Waals surface area (Å²) in [5.41, 5.74) is 13.9. The molecular weight excluding hydrogens is 617 g/mol. The number of para-hydroxylation sites is 4. The van der Waals surface area contributed by atoms with Crippen LogP contribution in [0.15, 0.2) is 206 Å². The number of benzene rings is 8. The van der Waals surface area contributed by atoms with Gasteiger partial charge in [-0.1, -0.05) is 146 Å². The highest BCUT2D eigenvalue weighted by molar-refractivity contribution is 6.10. The molecule has 0 aliphatic carbocycles. The fourth-order valence-electron chi connectivity index (χ4n) is 8.50. The van der Waals surface area contributed by atoms with Crippen molar-refractivity contribution in [1.82, 2.24) is 4.57 Å². The van der Waals surface area contributed by atoms with Gasteiger partial charge in [0.1, 0.15) is 0 Å². The fraction of sp³-hybridized carbons (Fsp3) is 0.0204. The lowest BCUT2D eigenvalue weighted by atomic mass is 9.62. The lowest BCUT2D eigenvalue weighted by molar-refractivity contribution is 0.731. The van der Waals surface area contributed by atoms with Crippen molar-refractivity contribution >= 4 is 38.9 Å². The van der Waals surface area contributed by atoms with E-state index in [0.717, 1.165) is 5.69 Å². The number of fused-ring (bicyclic) bond motifs is 5. The first-order chi connectivity index (χ1) is 25.3. The third-order valence-electron chi connectivity index (χ3n) is 10.6. The van der Waals surface area contributed by atoms with Crippen LogP contribution in [-0.2, 0) is 5.41 Å². The summed E-state index contributed by atoms with van der Waals surface area (Å²) in [6.07, 6.45) is 0. The molecular formula is C49H34N2. The monoisotopic (exact) mass is 650 g/mol. The van der Waals surface area contributed by atoms with E-state index >= 15 is 0 Å². The molecule has 1 aliphatic heterocycles. The number of nitrogens with zero attached hydrogens (tertiary/aromatic N) is 2. The summed E-state index contributed by atoms with van der Waals surface area (Å²) in [6.45, 7) is 0. The molecule has 0 radical (unpaired) electrons. The Morgan fingerprint density at radius 2 is 0.843 bits per heavy atom. The van der Waals surface area contributed by atoms with E-state index in [2.05, 4.69) is 216 Å². The van der Waals surface area contributed by atoms with Gasteiger partial charge < -0.3 is 9.47 Å². The highest BCUT2D eigenvalue weighted by atomic mass is 15.2. The van der Waals surface area contributed by atoms with Gasteiger partial charge >= 0.3 is 0 Å². The first kappa shape index (κ1) is 29.3. The number of anilines is 3. The summed E-state index contributed by atoms with van der Waals surface area (Å²) < 4.78 is 2.38. The minimum atomic E-state index is -0.552. The van der Waals surface area contributed by atoms with E-state index in [4.69, 9.17) is 0 Å². The van der Waals surface area contributed by atoms with Gasteiger partial charge in [0.15, 0.2) is 0 Å². The standard InChI is InChI=1S/C49H34N2/c1-5-17-37(18-6-1)49(38-19-7-2-8-20-38)43-26-14-16-28-47(43)51(40-23-11-4-12-24-40)48-32-30-36(34-44(48)49)35-29-31-46-42(33-35)41-25-13-15-27-45(41)50(46)39-21-9-3-10-22-39/h1-34H. The van der Waals surface area contributed by atoms with Crippen LogP contribution in [0.4, 0.5) is 17.1 Å². The highest BCUT2D eigenvalue weighted by Gasteiger charge is 2.46.